The number of anilines is 1. The first-order chi connectivity index (χ1) is 13.2. The predicted molar refractivity (Wildman–Crippen MR) is 106 cm³/mol. The Balaban J connectivity index is 1.88. The molecule has 2 amide bonds. The maximum atomic E-state index is 12.3. The van der Waals surface area contributed by atoms with Gasteiger partial charge in [0.25, 0.3) is 11.6 Å². The van der Waals surface area contributed by atoms with Gasteiger partial charge in [0.1, 0.15) is 5.75 Å². The first-order valence-electron chi connectivity index (χ1n) is 8.66. The van der Waals surface area contributed by atoms with Gasteiger partial charge in [-0.05, 0) is 44.0 Å². The molecule has 148 valence electrons. The van der Waals surface area contributed by atoms with E-state index >= 15 is 0 Å². The van der Waals surface area contributed by atoms with Gasteiger partial charge in [-0.25, -0.2) is 0 Å². The Morgan fingerprint density at radius 2 is 1.68 bits per heavy atom. The molecule has 8 nitrogen and oxygen atoms in total. The van der Waals surface area contributed by atoms with Crippen LogP contribution >= 0.6 is 0 Å². The van der Waals surface area contributed by atoms with Crippen LogP contribution in [0.25, 0.3) is 0 Å². The molecule has 1 N–H and O–H groups in total. The molecule has 0 aliphatic carbocycles. The minimum Gasteiger partial charge on any atom is -0.484 e. The SMILES string of the molecule is Cc1cc(C)c(NC(=O)CN(C)C(=O)COc2ccc([N+](=O)[O-])cc2)c(C)c1. The van der Waals surface area contributed by atoms with Gasteiger partial charge >= 0.3 is 0 Å². The average Bonchev–Trinajstić information content (AvgIpc) is 2.62. The van der Waals surface area contributed by atoms with Crippen LogP contribution in [0.1, 0.15) is 16.7 Å². The van der Waals surface area contributed by atoms with Crippen LogP contribution in [0.4, 0.5) is 11.4 Å². The van der Waals surface area contributed by atoms with E-state index in [0.29, 0.717) is 5.75 Å². The number of likely N-dealkylation sites (N-methyl/N-ethyl adjacent to an activating group) is 1. The molecule has 0 heterocycles. The summed E-state index contributed by atoms with van der Waals surface area (Å²) in [5, 5.41) is 13.5. The summed E-state index contributed by atoms with van der Waals surface area (Å²) in [5.74, 6) is -0.352. The number of amides is 2. The average molecular weight is 385 g/mol. The van der Waals surface area contributed by atoms with Gasteiger partial charge in [-0.2, -0.15) is 0 Å². The third kappa shape index (κ3) is 5.54. The summed E-state index contributed by atoms with van der Waals surface area (Å²) in [6.45, 7) is 5.44. The first kappa shape index (κ1) is 20.9. The molecule has 0 aliphatic heterocycles. The summed E-state index contributed by atoms with van der Waals surface area (Å²) in [7, 11) is 1.51. The van der Waals surface area contributed by atoms with E-state index in [4.69, 9.17) is 4.74 Å². The Labute approximate surface area is 163 Å². The molecule has 2 aromatic rings. The monoisotopic (exact) mass is 385 g/mol. The molecular weight excluding hydrogens is 362 g/mol. The second kappa shape index (κ2) is 8.98. The molecule has 0 fully saturated rings. The number of ether oxygens (including phenoxy) is 1. The van der Waals surface area contributed by atoms with E-state index in [9.17, 15) is 19.7 Å². The number of nitro benzene ring substituents is 1. The van der Waals surface area contributed by atoms with Crippen LogP contribution in [-0.2, 0) is 9.59 Å². The zero-order valence-corrected chi connectivity index (χ0v) is 16.3. The van der Waals surface area contributed by atoms with Crippen LogP contribution in [0.15, 0.2) is 36.4 Å². The maximum Gasteiger partial charge on any atom is 0.269 e. The molecule has 0 spiro atoms. The maximum absolute atomic E-state index is 12.3. The van der Waals surface area contributed by atoms with Gasteiger partial charge < -0.3 is 15.0 Å². The summed E-state index contributed by atoms with van der Waals surface area (Å²) in [4.78, 5) is 35.8. The highest BCUT2D eigenvalue weighted by atomic mass is 16.6. The molecule has 28 heavy (non-hydrogen) atoms. The van der Waals surface area contributed by atoms with Crippen molar-refractivity contribution in [2.45, 2.75) is 20.8 Å². The minimum atomic E-state index is -0.515. The topological polar surface area (TPSA) is 102 Å². The molecule has 0 radical (unpaired) electrons. The number of nitrogens with one attached hydrogen (secondary N) is 1. The van der Waals surface area contributed by atoms with Gasteiger partial charge in [-0.3, -0.25) is 19.7 Å². The molecule has 0 aromatic heterocycles. The summed E-state index contributed by atoms with van der Waals surface area (Å²) in [5.41, 5.74) is 3.72. The second-order valence-corrected chi connectivity index (χ2v) is 6.61. The number of non-ortho nitro benzene ring substituents is 1. The van der Waals surface area contributed by atoms with Crippen molar-refractivity contribution in [2.75, 3.05) is 25.5 Å². The van der Waals surface area contributed by atoms with E-state index in [1.807, 2.05) is 32.9 Å². The Bertz CT molecular complexity index is 870. The zero-order chi connectivity index (χ0) is 20.8. The lowest BCUT2D eigenvalue weighted by Gasteiger charge is -2.18. The number of rotatable bonds is 7. The summed E-state index contributed by atoms with van der Waals surface area (Å²) in [6.07, 6.45) is 0. The van der Waals surface area contributed by atoms with Gasteiger partial charge in [-0.1, -0.05) is 17.7 Å². The minimum absolute atomic E-state index is 0.0610. The van der Waals surface area contributed by atoms with Crippen molar-refractivity contribution in [1.29, 1.82) is 0 Å². The van der Waals surface area contributed by atoms with Crippen molar-refractivity contribution in [2.24, 2.45) is 0 Å². The van der Waals surface area contributed by atoms with E-state index in [-0.39, 0.29) is 30.7 Å². The number of carbonyl (C=O) groups excluding carboxylic acids is 2. The number of nitrogens with zero attached hydrogens (tertiary/aromatic N) is 2. The van der Waals surface area contributed by atoms with Crippen molar-refractivity contribution < 1.29 is 19.2 Å². The Morgan fingerprint density at radius 3 is 2.21 bits per heavy atom. The smallest absolute Gasteiger partial charge is 0.269 e. The largest absolute Gasteiger partial charge is 0.484 e. The molecule has 8 heteroatoms. The zero-order valence-electron chi connectivity index (χ0n) is 16.3. The van der Waals surface area contributed by atoms with Crippen LogP contribution in [0.3, 0.4) is 0 Å². The van der Waals surface area contributed by atoms with E-state index < -0.39 is 4.92 Å². The van der Waals surface area contributed by atoms with Crippen molar-refractivity contribution in [1.82, 2.24) is 4.90 Å². The highest BCUT2D eigenvalue weighted by Gasteiger charge is 2.15. The number of hydrogen-bond acceptors (Lipinski definition) is 5. The van der Waals surface area contributed by atoms with Gasteiger partial charge in [0.15, 0.2) is 6.61 Å². The van der Waals surface area contributed by atoms with Crippen LogP contribution < -0.4 is 10.1 Å². The van der Waals surface area contributed by atoms with Gasteiger partial charge in [0.05, 0.1) is 11.5 Å². The number of aryl methyl sites for hydroxylation is 3. The lowest BCUT2D eigenvalue weighted by Crippen LogP contribution is -2.37. The number of benzene rings is 2. The number of carbonyl (C=O) groups is 2. The van der Waals surface area contributed by atoms with Crippen LogP contribution in [0.2, 0.25) is 0 Å². The summed E-state index contributed by atoms with van der Waals surface area (Å²) in [6, 6.07) is 9.39. The third-order valence-corrected chi connectivity index (χ3v) is 4.16. The van der Waals surface area contributed by atoms with Crippen molar-refractivity contribution in [3.63, 3.8) is 0 Å². The van der Waals surface area contributed by atoms with Gasteiger partial charge in [0.2, 0.25) is 5.91 Å². The quantitative estimate of drug-likeness (QED) is 0.583. The van der Waals surface area contributed by atoms with Crippen molar-refractivity contribution >= 4 is 23.2 Å². The molecule has 0 aliphatic rings. The van der Waals surface area contributed by atoms with E-state index in [1.54, 1.807) is 0 Å². The normalized spacial score (nSPS) is 10.3. The lowest BCUT2D eigenvalue weighted by molar-refractivity contribution is -0.384. The van der Waals surface area contributed by atoms with Crippen molar-refractivity contribution in [3.8, 4) is 5.75 Å². The first-order valence-corrected chi connectivity index (χ1v) is 8.66. The summed E-state index contributed by atoms with van der Waals surface area (Å²) >= 11 is 0. The van der Waals surface area contributed by atoms with Gasteiger partial charge in [0, 0.05) is 24.9 Å². The van der Waals surface area contributed by atoms with E-state index in [1.165, 1.54) is 36.2 Å². The third-order valence-electron chi connectivity index (χ3n) is 4.16. The highest BCUT2D eigenvalue weighted by Crippen LogP contribution is 2.22. The molecule has 0 saturated carbocycles. The second-order valence-electron chi connectivity index (χ2n) is 6.61. The van der Waals surface area contributed by atoms with E-state index in [0.717, 1.165) is 22.4 Å². The molecule has 0 unspecified atom stereocenters. The molecule has 2 aromatic carbocycles. The Hall–Kier alpha value is -3.42. The lowest BCUT2D eigenvalue weighted by atomic mass is 10.1. The fraction of sp³-hybridized carbons (Fsp3) is 0.300. The Kier molecular flexibility index (Phi) is 6.70. The number of nitro groups is 1. The van der Waals surface area contributed by atoms with Crippen LogP contribution in [0.5, 0.6) is 5.75 Å². The number of hydrogen-bond donors (Lipinski definition) is 1. The highest BCUT2D eigenvalue weighted by molar-refractivity contribution is 5.95. The molecule has 0 atom stereocenters. The summed E-state index contributed by atoms with van der Waals surface area (Å²) < 4.78 is 5.33. The molecular formula is C20H23N3O5. The molecule has 0 saturated heterocycles. The fourth-order valence-corrected chi connectivity index (χ4v) is 2.78. The Morgan fingerprint density at radius 1 is 1.11 bits per heavy atom. The predicted octanol–water partition coefficient (Wildman–Crippen LogP) is 3.00. The van der Waals surface area contributed by atoms with E-state index in [2.05, 4.69) is 5.32 Å². The standard InChI is InChI=1S/C20H23N3O5/c1-13-9-14(2)20(15(3)10-13)21-18(24)11-22(4)19(25)12-28-17-7-5-16(6-8-17)23(26)27/h5-10H,11-12H2,1-4H3,(H,21,24). The molecule has 0 bridgehead atoms. The fourth-order valence-electron chi connectivity index (χ4n) is 2.78. The molecule has 2 rings (SSSR count). The van der Waals surface area contributed by atoms with Crippen LogP contribution in [-0.4, -0.2) is 41.8 Å². The van der Waals surface area contributed by atoms with Crippen molar-refractivity contribution in [3.05, 3.63) is 63.2 Å². The van der Waals surface area contributed by atoms with Gasteiger partial charge in [-0.15, -0.1) is 0 Å². The van der Waals surface area contributed by atoms with Crippen LogP contribution in [0, 0.1) is 30.9 Å².